The summed E-state index contributed by atoms with van der Waals surface area (Å²) < 4.78 is 23.9. The van der Waals surface area contributed by atoms with Crippen LogP contribution in [0, 0.1) is 5.41 Å². The van der Waals surface area contributed by atoms with Gasteiger partial charge in [0.2, 0.25) is 0 Å². The van der Waals surface area contributed by atoms with Gasteiger partial charge in [-0.25, -0.2) is 0 Å². The Kier molecular flexibility index (Phi) is 13.3. The maximum atomic E-state index is 12.6. The average molecular weight is 541 g/mol. The fraction of sp³-hybridized carbons (Fsp3) is 0.576. The predicted octanol–water partition coefficient (Wildman–Crippen LogP) is 7.43. The largest absolute Gasteiger partial charge is 0.427 e. The minimum atomic E-state index is -0.350. The first-order valence-corrected chi connectivity index (χ1v) is 14.1. The van der Waals surface area contributed by atoms with E-state index in [-0.39, 0.29) is 41.4 Å². The highest BCUT2D eigenvalue weighted by molar-refractivity contribution is 6.09. The van der Waals surface area contributed by atoms with Crippen LogP contribution in [-0.4, -0.2) is 49.4 Å². The number of ketones is 1. The molecule has 0 saturated carbocycles. The van der Waals surface area contributed by atoms with Gasteiger partial charge in [-0.05, 0) is 69.7 Å². The standard InChI is InChI=1S/C33H48O6/c1-8-12-29(39-33(5,6)7)24-37-28(23-36-22-21-32(2,3)4)19-20-30(34)38-27-17-15-26(16-18-27)31(35)25-13-10-9-11-14-25/h9-11,13-18,28-29H,8,12,19-24H2,1-7H3. The topological polar surface area (TPSA) is 71.1 Å². The van der Waals surface area contributed by atoms with Crippen LogP contribution in [0.5, 0.6) is 5.75 Å². The Bertz CT molecular complexity index is 986. The average Bonchev–Trinajstić information content (AvgIpc) is 2.86. The molecule has 6 heteroatoms. The van der Waals surface area contributed by atoms with Crippen LogP contribution >= 0.6 is 0 Å². The van der Waals surface area contributed by atoms with Crippen LogP contribution in [0.1, 0.15) is 96.5 Å². The number of hydrogen-bond acceptors (Lipinski definition) is 6. The fourth-order valence-corrected chi connectivity index (χ4v) is 3.94. The van der Waals surface area contributed by atoms with Gasteiger partial charge >= 0.3 is 5.97 Å². The van der Waals surface area contributed by atoms with Crippen LogP contribution in [0.25, 0.3) is 0 Å². The zero-order valence-corrected chi connectivity index (χ0v) is 25.0. The van der Waals surface area contributed by atoms with Gasteiger partial charge in [0.05, 0.1) is 31.0 Å². The Morgan fingerprint density at radius 1 is 0.795 bits per heavy atom. The molecule has 0 amide bonds. The lowest BCUT2D eigenvalue weighted by atomic mass is 9.93. The van der Waals surface area contributed by atoms with Crippen LogP contribution in [0.3, 0.4) is 0 Å². The van der Waals surface area contributed by atoms with Crippen LogP contribution in [0.2, 0.25) is 0 Å². The van der Waals surface area contributed by atoms with E-state index in [1.807, 2.05) is 39.0 Å². The van der Waals surface area contributed by atoms with E-state index >= 15 is 0 Å². The number of carbonyl (C=O) groups excluding carboxylic acids is 2. The molecule has 0 heterocycles. The first kappa shape index (κ1) is 32.7. The van der Waals surface area contributed by atoms with Gasteiger partial charge in [0.1, 0.15) is 5.75 Å². The molecule has 0 fully saturated rings. The quantitative estimate of drug-likeness (QED) is 0.0954. The second-order valence-corrected chi connectivity index (χ2v) is 12.2. The highest BCUT2D eigenvalue weighted by atomic mass is 16.6. The van der Waals surface area contributed by atoms with Crippen molar-refractivity contribution in [3.63, 3.8) is 0 Å². The van der Waals surface area contributed by atoms with Crippen molar-refractivity contribution in [3.05, 3.63) is 65.7 Å². The summed E-state index contributed by atoms with van der Waals surface area (Å²) in [4.78, 5) is 25.2. The first-order valence-electron chi connectivity index (χ1n) is 14.1. The number of ether oxygens (including phenoxy) is 4. The Hall–Kier alpha value is -2.54. The van der Waals surface area contributed by atoms with Gasteiger partial charge < -0.3 is 18.9 Å². The molecule has 2 unspecified atom stereocenters. The molecule has 0 aromatic heterocycles. The lowest BCUT2D eigenvalue weighted by Crippen LogP contribution is -2.33. The van der Waals surface area contributed by atoms with E-state index in [0.29, 0.717) is 43.1 Å². The number of hydrogen-bond donors (Lipinski definition) is 0. The van der Waals surface area contributed by atoms with E-state index < -0.39 is 0 Å². The molecule has 0 saturated heterocycles. The predicted molar refractivity (Wildman–Crippen MR) is 155 cm³/mol. The summed E-state index contributed by atoms with van der Waals surface area (Å²) in [6.45, 7) is 16.3. The smallest absolute Gasteiger partial charge is 0.311 e. The van der Waals surface area contributed by atoms with Crippen LogP contribution in [0.4, 0.5) is 0 Å². The minimum absolute atomic E-state index is 0.0175. The lowest BCUT2D eigenvalue weighted by molar-refractivity contribution is -0.137. The van der Waals surface area contributed by atoms with Crippen molar-refractivity contribution >= 4 is 11.8 Å². The lowest BCUT2D eigenvalue weighted by Gasteiger charge is -2.29. The molecule has 2 atom stereocenters. The summed E-state index contributed by atoms with van der Waals surface area (Å²) in [5.41, 5.74) is 1.09. The molecule has 39 heavy (non-hydrogen) atoms. The monoisotopic (exact) mass is 540 g/mol. The molecular weight excluding hydrogens is 492 g/mol. The van der Waals surface area contributed by atoms with Gasteiger partial charge in [0.25, 0.3) is 0 Å². The maximum absolute atomic E-state index is 12.6. The van der Waals surface area contributed by atoms with Crippen molar-refractivity contribution < 1.29 is 28.5 Å². The number of esters is 1. The molecule has 0 bridgehead atoms. The Morgan fingerprint density at radius 2 is 1.44 bits per heavy atom. The maximum Gasteiger partial charge on any atom is 0.311 e. The number of rotatable bonds is 16. The van der Waals surface area contributed by atoms with E-state index in [2.05, 4.69) is 27.7 Å². The molecule has 0 aliphatic carbocycles. The SMILES string of the molecule is CCCC(COC(CCC(=O)Oc1ccc(C(=O)c2ccccc2)cc1)COCCC(C)(C)C)OC(C)(C)C. The third-order valence-electron chi connectivity index (χ3n) is 6.00. The molecule has 216 valence electrons. The molecule has 0 aliphatic heterocycles. The number of carbonyl (C=O) groups is 2. The Morgan fingerprint density at radius 3 is 2.03 bits per heavy atom. The van der Waals surface area contributed by atoms with E-state index in [1.165, 1.54) is 0 Å². The fourth-order valence-electron chi connectivity index (χ4n) is 3.94. The Labute approximate surface area is 235 Å². The van der Waals surface area contributed by atoms with Crippen molar-refractivity contribution in [1.82, 2.24) is 0 Å². The molecule has 0 N–H and O–H groups in total. The summed E-state index contributed by atoms with van der Waals surface area (Å²) >= 11 is 0. The third kappa shape index (κ3) is 13.9. The molecular formula is C33H48O6. The highest BCUT2D eigenvalue weighted by Crippen LogP contribution is 2.20. The molecule has 2 aromatic carbocycles. The van der Waals surface area contributed by atoms with Crippen molar-refractivity contribution in [2.75, 3.05) is 19.8 Å². The van der Waals surface area contributed by atoms with Gasteiger partial charge in [-0.15, -0.1) is 0 Å². The van der Waals surface area contributed by atoms with Crippen LogP contribution < -0.4 is 4.74 Å². The van der Waals surface area contributed by atoms with Gasteiger partial charge in [0.15, 0.2) is 5.78 Å². The molecule has 0 aliphatic rings. The first-order chi connectivity index (χ1) is 18.4. The van der Waals surface area contributed by atoms with Crippen LogP contribution in [0.15, 0.2) is 54.6 Å². The van der Waals surface area contributed by atoms with E-state index in [9.17, 15) is 9.59 Å². The second-order valence-electron chi connectivity index (χ2n) is 12.2. The van der Waals surface area contributed by atoms with Crippen molar-refractivity contribution in [3.8, 4) is 5.75 Å². The molecule has 0 spiro atoms. The zero-order chi connectivity index (χ0) is 28.9. The van der Waals surface area contributed by atoms with Gasteiger partial charge in [-0.3, -0.25) is 9.59 Å². The van der Waals surface area contributed by atoms with Crippen molar-refractivity contribution in [1.29, 1.82) is 0 Å². The normalized spacial score (nSPS) is 13.6. The van der Waals surface area contributed by atoms with Gasteiger partial charge in [-0.1, -0.05) is 64.4 Å². The van der Waals surface area contributed by atoms with Gasteiger partial charge in [-0.2, -0.15) is 0 Å². The van der Waals surface area contributed by atoms with Gasteiger partial charge in [0, 0.05) is 24.2 Å². The van der Waals surface area contributed by atoms with Crippen molar-refractivity contribution in [2.24, 2.45) is 5.41 Å². The van der Waals surface area contributed by atoms with E-state index in [0.717, 1.165) is 19.3 Å². The highest BCUT2D eigenvalue weighted by Gasteiger charge is 2.22. The third-order valence-corrected chi connectivity index (χ3v) is 6.00. The number of benzene rings is 2. The zero-order valence-electron chi connectivity index (χ0n) is 25.0. The minimum Gasteiger partial charge on any atom is -0.427 e. The summed E-state index contributed by atoms with van der Waals surface area (Å²) in [6.07, 6.45) is 3.25. The summed E-state index contributed by atoms with van der Waals surface area (Å²) in [5, 5.41) is 0. The van der Waals surface area contributed by atoms with Crippen molar-refractivity contribution in [2.45, 2.75) is 98.4 Å². The van der Waals surface area contributed by atoms with E-state index in [4.69, 9.17) is 18.9 Å². The molecule has 2 aromatic rings. The second kappa shape index (κ2) is 15.9. The molecule has 6 nitrogen and oxygen atoms in total. The molecule has 0 radical (unpaired) electrons. The van der Waals surface area contributed by atoms with Crippen LogP contribution in [-0.2, 0) is 19.0 Å². The Balaban J connectivity index is 1.92. The molecule has 2 rings (SSSR count). The van der Waals surface area contributed by atoms with E-state index in [1.54, 1.807) is 36.4 Å². The summed E-state index contributed by atoms with van der Waals surface area (Å²) in [5.74, 6) is -0.0154. The summed E-state index contributed by atoms with van der Waals surface area (Å²) in [7, 11) is 0. The summed E-state index contributed by atoms with van der Waals surface area (Å²) in [6, 6.07) is 15.7.